The van der Waals surface area contributed by atoms with Gasteiger partial charge in [0.2, 0.25) is 21.7 Å². The summed E-state index contributed by atoms with van der Waals surface area (Å²) in [6.45, 7) is 2.95. The minimum atomic E-state index is -5.90. The number of carboxylic acid groups (broad SMARTS) is 1. The monoisotopic (exact) mass is 799 g/mol. The zero-order valence-electron chi connectivity index (χ0n) is 29.6. The van der Waals surface area contributed by atoms with Crippen LogP contribution in [0.5, 0.6) is 5.75 Å². The van der Waals surface area contributed by atoms with E-state index in [4.69, 9.17) is 4.74 Å². The van der Waals surface area contributed by atoms with E-state index in [1.165, 1.54) is 6.07 Å². The molecule has 0 bridgehead atoms. The number of anilines is 1. The minimum Gasteiger partial charge on any atom is -0.495 e. The predicted octanol–water partition coefficient (Wildman–Crippen LogP) is 8.10. The summed E-state index contributed by atoms with van der Waals surface area (Å²) in [4.78, 5) is 28.4. The van der Waals surface area contributed by atoms with Crippen LogP contribution in [-0.2, 0) is 39.5 Å². The first-order valence-corrected chi connectivity index (χ1v) is 17.9. The molecule has 5 rings (SSSR count). The van der Waals surface area contributed by atoms with Crippen molar-refractivity contribution in [3.05, 3.63) is 117 Å². The fraction of sp³-hybridized carbons (Fsp3) is 0.324. The van der Waals surface area contributed by atoms with Gasteiger partial charge in [-0.1, -0.05) is 39.0 Å². The van der Waals surface area contributed by atoms with E-state index in [2.05, 4.69) is 4.98 Å². The van der Waals surface area contributed by atoms with Crippen molar-refractivity contribution in [1.82, 2.24) is 9.29 Å². The molecule has 0 atom stereocenters. The number of carboxylic acids is 1. The van der Waals surface area contributed by atoms with E-state index in [0.29, 0.717) is 23.9 Å². The van der Waals surface area contributed by atoms with E-state index in [1.54, 1.807) is 6.07 Å². The molecule has 1 heterocycles. The molecular formula is C37H33F8N3O6S. The van der Waals surface area contributed by atoms with Crippen molar-refractivity contribution in [3.63, 3.8) is 0 Å². The number of hydrogen-bond donors (Lipinski definition) is 1. The smallest absolute Gasteiger partial charge is 0.417 e. The Balaban J connectivity index is 1.67. The molecule has 0 spiro atoms. The third-order valence-electron chi connectivity index (χ3n) is 8.86. The Labute approximate surface area is 310 Å². The molecule has 0 aliphatic heterocycles. The van der Waals surface area contributed by atoms with Gasteiger partial charge in [0.1, 0.15) is 5.75 Å². The summed E-state index contributed by atoms with van der Waals surface area (Å²) in [5.74, 6) is -15.9. The van der Waals surface area contributed by atoms with Crippen LogP contribution in [0.3, 0.4) is 0 Å². The van der Waals surface area contributed by atoms with Crippen molar-refractivity contribution in [1.29, 1.82) is 0 Å². The first kappa shape index (κ1) is 41.1. The Hall–Kier alpha value is -5.10. The van der Waals surface area contributed by atoms with Gasteiger partial charge in [-0.25, -0.2) is 35.2 Å². The number of ether oxygens (including phenoxy) is 1. The lowest BCUT2D eigenvalue weighted by Gasteiger charge is -2.29. The Morgan fingerprint density at radius 3 is 1.98 bits per heavy atom. The van der Waals surface area contributed by atoms with Crippen LogP contribution in [0.25, 0.3) is 0 Å². The molecule has 18 heteroatoms. The maximum atomic E-state index is 15.0. The van der Waals surface area contributed by atoms with Crippen LogP contribution < -0.4 is 9.64 Å². The molecule has 0 radical (unpaired) electrons. The van der Waals surface area contributed by atoms with Gasteiger partial charge in [0.25, 0.3) is 0 Å². The fourth-order valence-electron chi connectivity index (χ4n) is 5.69. The molecule has 1 aliphatic rings. The number of hydrogen-bond acceptors (Lipinski definition) is 6. The molecule has 4 aromatic rings. The van der Waals surface area contributed by atoms with E-state index < -0.39 is 86.4 Å². The van der Waals surface area contributed by atoms with E-state index in [0.717, 1.165) is 48.1 Å². The van der Waals surface area contributed by atoms with Gasteiger partial charge in [0.15, 0.2) is 28.2 Å². The first-order valence-electron chi connectivity index (χ1n) is 16.4. The standard InChI is InChI=1S/C37H33F8N3O6S/c1-36(2,3)24-12-19(11-22(13-24)20-5-6-20)16-48(26-10-7-21(35(50)51)14-27(26)54-4)28(49)18-47(17-25-9-8-23(15-46-25)37(43,44)45)55(52,53)34-32(41)30(39)29(38)31(40)33(34)42/h7-15,20H,5-6,16-18H2,1-4H3,(H,50,51). The molecule has 9 nitrogen and oxygen atoms in total. The lowest BCUT2D eigenvalue weighted by Crippen LogP contribution is -2.43. The average Bonchev–Trinajstić information content (AvgIpc) is 3.97. The number of halogens is 8. The summed E-state index contributed by atoms with van der Waals surface area (Å²) in [6, 6.07) is 10.2. The number of sulfonamides is 1. The highest BCUT2D eigenvalue weighted by Crippen LogP contribution is 2.42. The second-order valence-electron chi connectivity index (χ2n) is 13.9. The zero-order chi connectivity index (χ0) is 40.8. The van der Waals surface area contributed by atoms with Crippen LogP contribution in [0.15, 0.2) is 59.6 Å². The fourth-order valence-corrected chi connectivity index (χ4v) is 7.16. The highest BCUT2D eigenvalue weighted by Gasteiger charge is 2.40. The molecule has 294 valence electrons. The molecule has 55 heavy (non-hydrogen) atoms. The molecule has 0 saturated heterocycles. The summed E-state index contributed by atoms with van der Waals surface area (Å²) in [5.41, 5.74) is -0.171. The molecule has 1 fully saturated rings. The van der Waals surface area contributed by atoms with Gasteiger partial charge in [-0.15, -0.1) is 0 Å². The van der Waals surface area contributed by atoms with Crippen LogP contribution in [0.2, 0.25) is 0 Å². The summed E-state index contributed by atoms with van der Waals surface area (Å²) in [5, 5.41) is 9.58. The van der Waals surface area contributed by atoms with Crippen LogP contribution >= 0.6 is 0 Å². The normalized spacial score (nSPS) is 13.6. The number of carbonyl (C=O) groups is 2. The lowest BCUT2D eigenvalue weighted by atomic mass is 9.84. The molecule has 1 amide bonds. The van der Waals surface area contributed by atoms with Crippen molar-refractivity contribution in [2.24, 2.45) is 0 Å². The number of amides is 1. The summed E-state index contributed by atoms with van der Waals surface area (Å²) < 4.78 is 146. The Bertz CT molecular complexity index is 2230. The van der Waals surface area contributed by atoms with Gasteiger partial charge in [-0.2, -0.15) is 17.5 Å². The number of pyridine rings is 1. The molecule has 1 aliphatic carbocycles. The van der Waals surface area contributed by atoms with Crippen LogP contribution in [0, 0.1) is 29.1 Å². The minimum absolute atomic E-state index is 0.00943. The largest absolute Gasteiger partial charge is 0.495 e. The molecule has 3 aromatic carbocycles. The first-order chi connectivity index (χ1) is 25.5. The SMILES string of the molecule is COc1cc(C(=O)O)ccc1N(Cc1cc(C2CC2)cc(C(C)(C)C)c1)C(=O)CN(Cc1ccc(C(F)(F)F)cn1)S(=O)(=O)c1c(F)c(F)c(F)c(F)c1F. The zero-order valence-corrected chi connectivity index (χ0v) is 30.4. The molecule has 1 aromatic heterocycles. The van der Waals surface area contributed by atoms with E-state index in [9.17, 15) is 49.5 Å². The highest BCUT2D eigenvalue weighted by molar-refractivity contribution is 7.89. The van der Waals surface area contributed by atoms with E-state index in [1.807, 2.05) is 32.9 Å². The maximum Gasteiger partial charge on any atom is 0.417 e. The lowest BCUT2D eigenvalue weighted by molar-refractivity contribution is -0.137. The number of aromatic nitrogens is 1. The molecular weight excluding hydrogens is 766 g/mol. The van der Waals surface area contributed by atoms with Crippen molar-refractivity contribution in [2.45, 2.75) is 69.1 Å². The van der Waals surface area contributed by atoms with Gasteiger partial charge >= 0.3 is 12.1 Å². The average molecular weight is 800 g/mol. The third kappa shape index (κ3) is 8.75. The number of nitrogens with zero attached hydrogens (tertiary/aromatic N) is 3. The Morgan fingerprint density at radius 2 is 1.47 bits per heavy atom. The van der Waals surface area contributed by atoms with E-state index >= 15 is 8.78 Å². The summed E-state index contributed by atoms with van der Waals surface area (Å²) >= 11 is 0. The number of carbonyl (C=O) groups excluding carboxylic acids is 1. The topological polar surface area (TPSA) is 117 Å². The molecule has 0 unspecified atom stereocenters. The van der Waals surface area contributed by atoms with Crippen LogP contribution in [-0.4, -0.2) is 48.3 Å². The second-order valence-corrected chi connectivity index (χ2v) is 15.7. The van der Waals surface area contributed by atoms with Gasteiger partial charge in [-0.3, -0.25) is 9.78 Å². The van der Waals surface area contributed by atoms with Crippen molar-refractivity contribution >= 4 is 27.6 Å². The number of aromatic carboxylic acids is 1. The maximum absolute atomic E-state index is 15.0. The van der Waals surface area contributed by atoms with Gasteiger partial charge in [0.05, 0.1) is 49.3 Å². The summed E-state index contributed by atoms with van der Waals surface area (Å²) in [7, 11) is -4.73. The van der Waals surface area contributed by atoms with E-state index in [-0.39, 0.29) is 39.2 Å². The third-order valence-corrected chi connectivity index (χ3v) is 10.7. The predicted molar refractivity (Wildman–Crippen MR) is 181 cm³/mol. The summed E-state index contributed by atoms with van der Waals surface area (Å²) in [6.07, 6.45) is -2.74. The van der Waals surface area contributed by atoms with Crippen molar-refractivity contribution in [2.75, 3.05) is 18.6 Å². The van der Waals surface area contributed by atoms with Gasteiger partial charge in [-0.05, 0) is 71.2 Å². The Morgan fingerprint density at radius 1 is 0.855 bits per heavy atom. The number of alkyl halides is 3. The van der Waals surface area contributed by atoms with Gasteiger partial charge < -0.3 is 14.7 Å². The van der Waals surface area contributed by atoms with Gasteiger partial charge in [0, 0.05) is 6.20 Å². The van der Waals surface area contributed by atoms with Crippen LogP contribution in [0.4, 0.5) is 40.8 Å². The number of methoxy groups -OCH3 is 1. The van der Waals surface area contributed by atoms with Crippen LogP contribution in [0.1, 0.15) is 77.8 Å². The quantitative estimate of drug-likeness (QED) is 0.0875. The van der Waals surface area contributed by atoms with Crippen molar-refractivity contribution < 1.29 is 63.0 Å². The Kier molecular flexibility index (Phi) is 11.4. The number of rotatable bonds is 12. The van der Waals surface area contributed by atoms with Crippen molar-refractivity contribution in [3.8, 4) is 5.75 Å². The molecule has 1 N–H and O–H groups in total. The second kappa shape index (κ2) is 15.2. The highest BCUT2D eigenvalue weighted by atomic mass is 32.2. The molecule has 1 saturated carbocycles. The number of benzene rings is 3.